The summed E-state index contributed by atoms with van der Waals surface area (Å²) in [4.78, 5) is 13.0. The Hall–Kier alpha value is -0.730. The van der Waals surface area contributed by atoms with E-state index in [2.05, 4.69) is 26.1 Å². The maximum atomic E-state index is 10.9. The molecule has 0 spiro atoms. The van der Waals surface area contributed by atoms with Crippen LogP contribution in [0.5, 0.6) is 11.5 Å². The maximum absolute atomic E-state index is 10.9. The number of halogens is 3. The lowest BCUT2D eigenvalue weighted by atomic mass is 10.2. The Labute approximate surface area is 164 Å². The number of amides is 1. The first kappa shape index (κ1) is 25.5. The fraction of sp³-hybridized carbons (Fsp3) is 0.533. The highest BCUT2D eigenvalue weighted by Gasteiger charge is 2.13. The van der Waals surface area contributed by atoms with Crippen LogP contribution in [0.15, 0.2) is 16.6 Å². The van der Waals surface area contributed by atoms with Crippen molar-refractivity contribution in [3.63, 3.8) is 0 Å². The molecule has 24 heavy (non-hydrogen) atoms. The van der Waals surface area contributed by atoms with Crippen molar-refractivity contribution in [3.8, 4) is 11.5 Å². The lowest BCUT2D eigenvalue weighted by molar-refractivity contribution is -0.119. The van der Waals surface area contributed by atoms with E-state index in [9.17, 15) is 4.79 Å². The van der Waals surface area contributed by atoms with E-state index < -0.39 is 5.91 Å². The molecule has 0 heterocycles. The molecule has 6 nitrogen and oxygen atoms in total. The Morgan fingerprint density at radius 2 is 1.96 bits per heavy atom. The van der Waals surface area contributed by atoms with Crippen LogP contribution in [0.3, 0.4) is 0 Å². The Bertz CT molecular complexity index is 505. The summed E-state index contributed by atoms with van der Waals surface area (Å²) in [6.45, 7) is 4.82. The number of benzene rings is 1. The highest BCUT2D eigenvalue weighted by molar-refractivity contribution is 9.10. The van der Waals surface area contributed by atoms with Gasteiger partial charge in [0.1, 0.15) is 0 Å². The molecule has 0 unspecified atom stereocenters. The van der Waals surface area contributed by atoms with Crippen LogP contribution >= 0.6 is 40.7 Å². The van der Waals surface area contributed by atoms with Crippen molar-refractivity contribution >= 4 is 46.7 Å². The molecule has 0 saturated carbocycles. The van der Waals surface area contributed by atoms with Gasteiger partial charge in [0.05, 0.1) is 11.1 Å². The Morgan fingerprint density at radius 3 is 2.50 bits per heavy atom. The predicted molar refractivity (Wildman–Crippen MR) is 105 cm³/mol. The Kier molecular flexibility index (Phi) is 14.4. The van der Waals surface area contributed by atoms with E-state index in [1.54, 1.807) is 0 Å². The molecule has 1 aromatic carbocycles. The van der Waals surface area contributed by atoms with Gasteiger partial charge in [-0.3, -0.25) is 4.79 Å². The number of nitrogens with two attached hydrogens (primary N) is 1. The van der Waals surface area contributed by atoms with Crippen LogP contribution < -0.4 is 20.5 Å². The number of carbonyl (C=O) groups is 1. The van der Waals surface area contributed by atoms with E-state index in [1.807, 2.05) is 33.2 Å². The van der Waals surface area contributed by atoms with Gasteiger partial charge in [-0.1, -0.05) is 0 Å². The highest BCUT2D eigenvalue weighted by Crippen LogP contribution is 2.36. The summed E-state index contributed by atoms with van der Waals surface area (Å²) in [6.07, 6.45) is 0. The zero-order chi connectivity index (χ0) is 16.5. The van der Waals surface area contributed by atoms with Gasteiger partial charge in [-0.2, -0.15) is 0 Å². The van der Waals surface area contributed by atoms with Crippen LogP contribution in [0.1, 0.15) is 12.5 Å². The van der Waals surface area contributed by atoms with E-state index in [0.717, 1.165) is 29.7 Å². The zero-order valence-corrected chi connectivity index (χ0v) is 17.4. The molecule has 9 heteroatoms. The highest BCUT2D eigenvalue weighted by atomic mass is 79.9. The van der Waals surface area contributed by atoms with Crippen LogP contribution in [0.2, 0.25) is 0 Å². The van der Waals surface area contributed by atoms with Gasteiger partial charge in [0.25, 0.3) is 5.91 Å². The van der Waals surface area contributed by atoms with Crippen LogP contribution in [0.25, 0.3) is 0 Å². The van der Waals surface area contributed by atoms with Gasteiger partial charge >= 0.3 is 0 Å². The molecular weight excluding hydrogens is 421 g/mol. The van der Waals surface area contributed by atoms with Gasteiger partial charge in [0.15, 0.2) is 18.1 Å². The quantitative estimate of drug-likeness (QED) is 0.538. The van der Waals surface area contributed by atoms with Crippen LogP contribution in [0, 0.1) is 0 Å². The smallest absolute Gasteiger partial charge is 0.255 e. The fourth-order valence-corrected chi connectivity index (χ4v) is 2.41. The first-order valence-electron chi connectivity index (χ1n) is 7.15. The third kappa shape index (κ3) is 9.54. The van der Waals surface area contributed by atoms with Gasteiger partial charge in [-0.15, -0.1) is 24.8 Å². The van der Waals surface area contributed by atoms with Crippen molar-refractivity contribution in [2.75, 3.05) is 40.4 Å². The zero-order valence-electron chi connectivity index (χ0n) is 14.1. The topological polar surface area (TPSA) is 76.8 Å². The van der Waals surface area contributed by atoms with Gasteiger partial charge in [0.2, 0.25) is 0 Å². The Balaban J connectivity index is 0. The second-order valence-electron chi connectivity index (χ2n) is 5.07. The molecule has 1 rings (SSSR count). The monoisotopic (exact) mass is 445 g/mol. The maximum Gasteiger partial charge on any atom is 0.255 e. The molecule has 0 radical (unpaired) electrons. The summed E-state index contributed by atoms with van der Waals surface area (Å²) >= 11 is 3.46. The molecule has 0 aliphatic carbocycles. The van der Waals surface area contributed by atoms with E-state index in [1.165, 1.54) is 0 Å². The number of hydrogen-bond acceptors (Lipinski definition) is 5. The first-order chi connectivity index (χ1) is 10.4. The van der Waals surface area contributed by atoms with Gasteiger partial charge in [-0.05, 0) is 54.6 Å². The van der Waals surface area contributed by atoms with Crippen molar-refractivity contribution in [2.24, 2.45) is 5.73 Å². The fourth-order valence-electron chi connectivity index (χ4n) is 1.81. The molecule has 0 saturated heterocycles. The summed E-state index contributed by atoms with van der Waals surface area (Å²) in [7, 11) is 4.08. The number of likely N-dealkylation sites (N-methyl/N-ethyl adjacent to an activating group) is 1. The van der Waals surface area contributed by atoms with Crippen molar-refractivity contribution in [1.82, 2.24) is 10.2 Å². The normalized spacial score (nSPS) is 9.88. The minimum absolute atomic E-state index is 0. The van der Waals surface area contributed by atoms with Gasteiger partial charge in [0, 0.05) is 19.6 Å². The molecule has 0 bridgehead atoms. The standard InChI is InChI=1S/C15H24BrN3O3.2ClH/c1-4-21-13-8-11(9-18-5-6-19(2)3)7-12(16)15(13)22-10-14(17)20;;/h7-8,18H,4-6,9-10H2,1-3H3,(H2,17,20);2*1H. The summed E-state index contributed by atoms with van der Waals surface area (Å²) in [5.41, 5.74) is 6.19. The predicted octanol–water partition coefficient (Wildman–Crippen LogP) is 2.21. The lowest BCUT2D eigenvalue weighted by Crippen LogP contribution is -2.26. The molecule has 140 valence electrons. The third-order valence-corrected chi connectivity index (χ3v) is 3.38. The average molecular weight is 447 g/mol. The molecular formula is C15H26BrCl2N3O3. The molecule has 0 atom stereocenters. The molecule has 0 aromatic heterocycles. The van der Waals surface area contributed by atoms with Crippen LogP contribution in [0.4, 0.5) is 0 Å². The number of rotatable bonds is 10. The average Bonchev–Trinajstić information content (AvgIpc) is 2.42. The summed E-state index contributed by atoms with van der Waals surface area (Å²) in [5.74, 6) is 0.573. The summed E-state index contributed by atoms with van der Waals surface area (Å²) in [6, 6.07) is 3.86. The SMILES string of the molecule is CCOc1cc(CNCCN(C)C)cc(Br)c1OCC(N)=O.Cl.Cl. The molecule has 1 aromatic rings. The minimum atomic E-state index is -0.524. The van der Waals surface area contributed by atoms with Crippen molar-refractivity contribution in [2.45, 2.75) is 13.5 Å². The van der Waals surface area contributed by atoms with E-state index >= 15 is 0 Å². The molecule has 0 aliphatic heterocycles. The number of hydrogen-bond donors (Lipinski definition) is 2. The van der Waals surface area contributed by atoms with Gasteiger partial charge in [-0.25, -0.2) is 0 Å². The van der Waals surface area contributed by atoms with Gasteiger partial charge < -0.3 is 25.4 Å². The molecule has 0 aliphatic rings. The van der Waals surface area contributed by atoms with Crippen molar-refractivity contribution < 1.29 is 14.3 Å². The van der Waals surface area contributed by atoms with E-state index in [-0.39, 0.29) is 31.4 Å². The van der Waals surface area contributed by atoms with Crippen LogP contribution in [-0.4, -0.2) is 51.2 Å². The molecule has 3 N–H and O–H groups in total. The number of ether oxygens (including phenoxy) is 2. The van der Waals surface area contributed by atoms with Crippen molar-refractivity contribution in [1.29, 1.82) is 0 Å². The lowest BCUT2D eigenvalue weighted by Gasteiger charge is -2.15. The number of carbonyl (C=O) groups excluding carboxylic acids is 1. The summed E-state index contributed by atoms with van der Waals surface area (Å²) < 4.78 is 11.8. The van der Waals surface area contributed by atoms with Crippen LogP contribution in [-0.2, 0) is 11.3 Å². The largest absolute Gasteiger partial charge is 0.490 e. The first-order valence-corrected chi connectivity index (χ1v) is 7.95. The second-order valence-corrected chi connectivity index (χ2v) is 5.93. The second kappa shape index (κ2) is 13.5. The third-order valence-electron chi connectivity index (χ3n) is 2.79. The molecule has 0 fully saturated rings. The van der Waals surface area contributed by atoms with E-state index in [0.29, 0.717) is 18.1 Å². The minimum Gasteiger partial charge on any atom is -0.490 e. The van der Waals surface area contributed by atoms with Crippen molar-refractivity contribution in [3.05, 3.63) is 22.2 Å². The number of nitrogens with zero attached hydrogens (tertiary/aromatic N) is 1. The summed E-state index contributed by atoms with van der Waals surface area (Å²) in [5, 5.41) is 3.37. The number of primary amides is 1. The van der Waals surface area contributed by atoms with E-state index in [4.69, 9.17) is 15.2 Å². The Morgan fingerprint density at radius 1 is 1.29 bits per heavy atom. The number of nitrogens with one attached hydrogen (secondary N) is 1. The molecule has 1 amide bonds.